The van der Waals surface area contributed by atoms with Crippen molar-refractivity contribution in [3.8, 4) is 28.6 Å². The highest BCUT2D eigenvalue weighted by Crippen LogP contribution is 2.30. The van der Waals surface area contributed by atoms with E-state index in [1.54, 1.807) is 11.8 Å². The predicted octanol–water partition coefficient (Wildman–Crippen LogP) is 5.42. The van der Waals surface area contributed by atoms with Crippen LogP contribution in [0.15, 0.2) is 60.7 Å². The zero-order chi connectivity index (χ0) is 20.1. The van der Waals surface area contributed by atoms with Crippen LogP contribution in [0, 0.1) is 5.92 Å². The van der Waals surface area contributed by atoms with Crippen molar-refractivity contribution in [2.24, 2.45) is 5.92 Å². The van der Waals surface area contributed by atoms with Crippen LogP contribution in [0.3, 0.4) is 0 Å². The molecule has 1 heterocycles. The van der Waals surface area contributed by atoms with Crippen molar-refractivity contribution in [1.82, 2.24) is 9.78 Å². The van der Waals surface area contributed by atoms with Gasteiger partial charge >= 0.3 is 5.97 Å². The molecule has 1 aliphatic rings. The lowest BCUT2D eigenvalue weighted by atomic mass is 10.0. The first-order chi connectivity index (χ1) is 14.2. The summed E-state index contributed by atoms with van der Waals surface area (Å²) in [7, 11) is 1.63. The maximum atomic E-state index is 12.5. The van der Waals surface area contributed by atoms with Gasteiger partial charge in [-0.05, 0) is 36.6 Å². The number of carbonyl (C=O) groups is 1. The van der Waals surface area contributed by atoms with Gasteiger partial charge in [-0.1, -0.05) is 56.0 Å². The standard InChI is InChI=1S/C24H26N2O3/c1-28-21-14-12-20(13-15-21)26-23(17-22(25-26)19-9-3-2-4-10-19)29-24(27)16-11-18-7-5-6-8-18/h2-4,9-10,12-15,17-18H,5-8,11,16H2,1H3. The fourth-order valence-corrected chi connectivity index (χ4v) is 3.88. The molecule has 0 N–H and O–H groups in total. The van der Waals surface area contributed by atoms with Gasteiger partial charge in [0.2, 0.25) is 5.88 Å². The average molecular weight is 390 g/mol. The summed E-state index contributed by atoms with van der Waals surface area (Å²) in [5.74, 6) is 1.66. The van der Waals surface area contributed by atoms with Crippen molar-refractivity contribution in [3.63, 3.8) is 0 Å². The van der Waals surface area contributed by atoms with E-state index >= 15 is 0 Å². The summed E-state index contributed by atoms with van der Waals surface area (Å²) >= 11 is 0. The molecule has 5 heteroatoms. The molecule has 0 unspecified atom stereocenters. The summed E-state index contributed by atoms with van der Waals surface area (Å²) in [6.07, 6.45) is 6.37. The Bertz CT molecular complexity index is 942. The van der Waals surface area contributed by atoms with E-state index in [0.29, 0.717) is 18.2 Å². The minimum Gasteiger partial charge on any atom is -0.497 e. The second kappa shape index (κ2) is 8.95. The van der Waals surface area contributed by atoms with Gasteiger partial charge in [0.1, 0.15) is 5.75 Å². The molecule has 1 aromatic heterocycles. The molecule has 0 radical (unpaired) electrons. The maximum absolute atomic E-state index is 12.5. The number of esters is 1. The molecule has 150 valence electrons. The monoisotopic (exact) mass is 390 g/mol. The van der Waals surface area contributed by atoms with Crippen molar-refractivity contribution in [1.29, 1.82) is 0 Å². The third kappa shape index (κ3) is 4.67. The second-order valence-corrected chi connectivity index (χ2v) is 7.51. The van der Waals surface area contributed by atoms with Gasteiger partial charge in [-0.15, -0.1) is 0 Å². The summed E-state index contributed by atoms with van der Waals surface area (Å²) in [6, 6.07) is 19.2. The molecule has 0 amide bonds. The molecule has 29 heavy (non-hydrogen) atoms. The Morgan fingerprint density at radius 2 is 1.79 bits per heavy atom. The molecule has 1 fully saturated rings. The first kappa shape index (κ1) is 19.2. The Hall–Kier alpha value is -3.08. The normalized spacial score (nSPS) is 14.1. The molecular weight excluding hydrogens is 364 g/mol. The Balaban J connectivity index is 1.57. The largest absolute Gasteiger partial charge is 0.497 e. The van der Waals surface area contributed by atoms with Crippen LogP contribution in [0.1, 0.15) is 38.5 Å². The van der Waals surface area contributed by atoms with Crippen molar-refractivity contribution in [2.45, 2.75) is 38.5 Å². The molecule has 0 saturated heterocycles. The molecule has 0 atom stereocenters. The Labute approximate surface area is 171 Å². The Kier molecular flexibility index (Phi) is 5.94. The number of methoxy groups -OCH3 is 1. The third-order valence-corrected chi connectivity index (χ3v) is 5.51. The fraction of sp³-hybridized carbons (Fsp3) is 0.333. The first-order valence-electron chi connectivity index (χ1n) is 10.2. The lowest BCUT2D eigenvalue weighted by molar-refractivity contribution is -0.135. The van der Waals surface area contributed by atoms with Gasteiger partial charge in [0.25, 0.3) is 0 Å². The quantitative estimate of drug-likeness (QED) is 0.505. The highest BCUT2D eigenvalue weighted by molar-refractivity contribution is 5.73. The lowest BCUT2D eigenvalue weighted by Gasteiger charge is -2.10. The number of carbonyl (C=O) groups excluding carboxylic acids is 1. The van der Waals surface area contributed by atoms with Crippen LogP contribution in [0.4, 0.5) is 0 Å². The summed E-state index contributed by atoms with van der Waals surface area (Å²) in [5, 5.41) is 4.70. The number of benzene rings is 2. The van der Waals surface area contributed by atoms with Gasteiger partial charge in [0.15, 0.2) is 0 Å². The molecule has 3 aromatic rings. The van der Waals surface area contributed by atoms with E-state index in [0.717, 1.165) is 29.1 Å². The van der Waals surface area contributed by atoms with Crippen molar-refractivity contribution >= 4 is 5.97 Å². The maximum Gasteiger partial charge on any atom is 0.312 e. The molecule has 0 spiro atoms. The summed E-state index contributed by atoms with van der Waals surface area (Å²) in [4.78, 5) is 12.5. The highest BCUT2D eigenvalue weighted by Gasteiger charge is 2.19. The Morgan fingerprint density at radius 1 is 1.07 bits per heavy atom. The SMILES string of the molecule is COc1ccc(-n2nc(-c3ccccc3)cc2OC(=O)CCC2CCCC2)cc1. The van der Waals surface area contributed by atoms with Gasteiger partial charge in [-0.25, -0.2) is 4.68 Å². The smallest absolute Gasteiger partial charge is 0.312 e. The van der Waals surface area contributed by atoms with E-state index in [2.05, 4.69) is 0 Å². The van der Waals surface area contributed by atoms with Gasteiger partial charge < -0.3 is 9.47 Å². The summed E-state index contributed by atoms with van der Waals surface area (Å²) in [6.45, 7) is 0. The highest BCUT2D eigenvalue weighted by atomic mass is 16.5. The first-order valence-corrected chi connectivity index (χ1v) is 10.2. The third-order valence-electron chi connectivity index (χ3n) is 5.51. The number of nitrogens with zero attached hydrogens (tertiary/aromatic N) is 2. The van der Waals surface area contributed by atoms with E-state index in [-0.39, 0.29) is 5.97 Å². The predicted molar refractivity (Wildman–Crippen MR) is 112 cm³/mol. The number of aromatic nitrogens is 2. The zero-order valence-electron chi connectivity index (χ0n) is 16.7. The second-order valence-electron chi connectivity index (χ2n) is 7.51. The molecule has 2 aromatic carbocycles. The van der Waals surface area contributed by atoms with E-state index in [4.69, 9.17) is 14.6 Å². The molecule has 1 aliphatic carbocycles. The van der Waals surface area contributed by atoms with Crippen molar-refractivity contribution in [2.75, 3.05) is 7.11 Å². The van der Waals surface area contributed by atoms with E-state index in [1.165, 1.54) is 25.7 Å². The minimum atomic E-state index is -0.203. The van der Waals surface area contributed by atoms with Gasteiger partial charge in [0, 0.05) is 18.1 Å². The van der Waals surface area contributed by atoms with E-state index in [9.17, 15) is 4.79 Å². The Morgan fingerprint density at radius 3 is 2.48 bits per heavy atom. The molecule has 4 rings (SSSR count). The topological polar surface area (TPSA) is 53.4 Å². The van der Waals surface area contributed by atoms with Crippen LogP contribution in [-0.4, -0.2) is 22.9 Å². The summed E-state index contributed by atoms with van der Waals surface area (Å²) in [5.41, 5.74) is 2.55. The minimum absolute atomic E-state index is 0.203. The molecule has 1 saturated carbocycles. The van der Waals surface area contributed by atoms with Gasteiger partial charge in [-0.3, -0.25) is 4.79 Å². The molecular formula is C24H26N2O3. The van der Waals surface area contributed by atoms with Gasteiger partial charge in [0.05, 0.1) is 18.5 Å². The van der Waals surface area contributed by atoms with Crippen LogP contribution < -0.4 is 9.47 Å². The van der Waals surface area contributed by atoms with E-state index in [1.807, 2.05) is 60.7 Å². The fourth-order valence-electron chi connectivity index (χ4n) is 3.88. The molecule has 0 aliphatic heterocycles. The van der Waals surface area contributed by atoms with Crippen molar-refractivity contribution in [3.05, 3.63) is 60.7 Å². The van der Waals surface area contributed by atoms with Crippen LogP contribution in [0.2, 0.25) is 0 Å². The van der Waals surface area contributed by atoms with Crippen LogP contribution >= 0.6 is 0 Å². The van der Waals surface area contributed by atoms with Crippen molar-refractivity contribution < 1.29 is 14.3 Å². The number of rotatable bonds is 7. The van der Waals surface area contributed by atoms with Gasteiger partial charge in [-0.2, -0.15) is 5.10 Å². The van der Waals surface area contributed by atoms with Crippen LogP contribution in [0.25, 0.3) is 16.9 Å². The number of hydrogen-bond donors (Lipinski definition) is 0. The zero-order valence-corrected chi connectivity index (χ0v) is 16.7. The molecule has 5 nitrogen and oxygen atoms in total. The van der Waals surface area contributed by atoms with E-state index < -0.39 is 0 Å². The number of hydrogen-bond acceptors (Lipinski definition) is 4. The summed E-state index contributed by atoms with van der Waals surface area (Å²) < 4.78 is 12.7. The lowest BCUT2D eigenvalue weighted by Crippen LogP contribution is -2.12. The number of ether oxygens (including phenoxy) is 2. The average Bonchev–Trinajstić information content (AvgIpc) is 3.43. The van der Waals surface area contributed by atoms with Crippen LogP contribution in [-0.2, 0) is 4.79 Å². The van der Waals surface area contributed by atoms with Crippen LogP contribution in [0.5, 0.6) is 11.6 Å². The molecule has 0 bridgehead atoms.